The molecule has 2 aromatic rings. The molecule has 6 heteroatoms. The molecule has 2 heterocycles. The van der Waals surface area contributed by atoms with Gasteiger partial charge in [-0.3, -0.25) is 14.9 Å². The Balaban J connectivity index is 2.08. The lowest BCUT2D eigenvalue weighted by molar-refractivity contribution is -0.134. The van der Waals surface area contributed by atoms with Crippen molar-refractivity contribution in [2.75, 3.05) is 0 Å². The lowest BCUT2D eigenvalue weighted by Gasteiger charge is -2.19. The summed E-state index contributed by atoms with van der Waals surface area (Å²) < 4.78 is 19.3. The molecule has 19 heavy (non-hydrogen) atoms. The second-order valence-electron chi connectivity index (χ2n) is 4.46. The van der Waals surface area contributed by atoms with Crippen LogP contribution in [0, 0.1) is 5.82 Å². The summed E-state index contributed by atoms with van der Waals surface area (Å²) in [6, 6.07) is 2.86. The van der Waals surface area contributed by atoms with Crippen molar-refractivity contribution < 1.29 is 18.4 Å². The van der Waals surface area contributed by atoms with Crippen LogP contribution in [-0.2, 0) is 9.59 Å². The van der Waals surface area contributed by atoms with E-state index < -0.39 is 11.7 Å². The van der Waals surface area contributed by atoms with E-state index in [0.717, 1.165) is 0 Å². The van der Waals surface area contributed by atoms with Crippen molar-refractivity contribution in [1.29, 1.82) is 0 Å². The lowest BCUT2D eigenvalue weighted by Crippen LogP contribution is -2.39. The Morgan fingerprint density at radius 2 is 2.16 bits per heavy atom. The van der Waals surface area contributed by atoms with Crippen LogP contribution in [0.4, 0.5) is 4.39 Å². The highest BCUT2D eigenvalue weighted by Crippen LogP contribution is 2.34. The van der Waals surface area contributed by atoms with Gasteiger partial charge in [-0.2, -0.15) is 0 Å². The van der Waals surface area contributed by atoms with Gasteiger partial charge in [0, 0.05) is 17.4 Å². The van der Waals surface area contributed by atoms with Gasteiger partial charge in [0.2, 0.25) is 11.8 Å². The number of benzene rings is 1. The average molecular weight is 326 g/mol. The number of halogens is 2. The molecular formula is C13H9BrFNO3. The molecule has 0 saturated carbocycles. The van der Waals surface area contributed by atoms with Crippen LogP contribution < -0.4 is 5.32 Å². The fourth-order valence-corrected chi connectivity index (χ4v) is 2.62. The lowest BCUT2D eigenvalue weighted by atomic mass is 9.90. The topological polar surface area (TPSA) is 59.3 Å². The van der Waals surface area contributed by atoms with Crippen LogP contribution in [0.25, 0.3) is 11.0 Å². The quantitative estimate of drug-likeness (QED) is 0.820. The van der Waals surface area contributed by atoms with Crippen LogP contribution in [0.2, 0.25) is 0 Å². The zero-order valence-corrected chi connectivity index (χ0v) is 11.3. The third-order valence-electron chi connectivity index (χ3n) is 3.26. The van der Waals surface area contributed by atoms with Gasteiger partial charge in [-0.25, -0.2) is 4.39 Å². The van der Waals surface area contributed by atoms with Crippen LogP contribution in [0.15, 0.2) is 27.3 Å². The van der Waals surface area contributed by atoms with E-state index in [9.17, 15) is 14.0 Å². The van der Waals surface area contributed by atoms with E-state index in [0.29, 0.717) is 27.4 Å². The number of carbonyl (C=O) groups is 2. The second-order valence-corrected chi connectivity index (χ2v) is 5.31. The molecule has 1 atom stereocenters. The maximum Gasteiger partial charge on any atom is 0.234 e. The first kappa shape index (κ1) is 12.3. The van der Waals surface area contributed by atoms with E-state index in [-0.39, 0.29) is 18.2 Å². The number of rotatable bonds is 1. The van der Waals surface area contributed by atoms with Crippen molar-refractivity contribution >= 4 is 38.7 Å². The number of imide groups is 1. The third kappa shape index (κ3) is 2.06. The maximum atomic E-state index is 13.6. The summed E-state index contributed by atoms with van der Waals surface area (Å²) in [4.78, 5) is 23.0. The predicted octanol–water partition coefficient (Wildman–Crippen LogP) is 2.85. The first-order valence-corrected chi connectivity index (χ1v) is 6.55. The van der Waals surface area contributed by atoms with E-state index in [2.05, 4.69) is 21.2 Å². The van der Waals surface area contributed by atoms with Gasteiger partial charge >= 0.3 is 0 Å². The third-order valence-corrected chi connectivity index (χ3v) is 3.87. The van der Waals surface area contributed by atoms with Gasteiger partial charge in [0.1, 0.15) is 11.4 Å². The SMILES string of the molecule is O=C1CCC(c2coc3cc(Br)c(F)cc23)C(=O)N1. The van der Waals surface area contributed by atoms with Gasteiger partial charge in [0.25, 0.3) is 0 Å². The molecule has 0 bridgehead atoms. The maximum absolute atomic E-state index is 13.6. The first-order chi connectivity index (χ1) is 9.06. The Morgan fingerprint density at radius 1 is 1.37 bits per heavy atom. The molecule has 2 amide bonds. The fourth-order valence-electron chi connectivity index (χ4n) is 2.30. The highest BCUT2D eigenvalue weighted by atomic mass is 79.9. The molecule has 1 aliphatic heterocycles. The normalized spacial score (nSPS) is 19.8. The van der Waals surface area contributed by atoms with Crippen LogP contribution in [-0.4, -0.2) is 11.8 Å². The highest BCUT2D eigenvalue weighted by Gasteiger charge is 2.30. The molecule has 1 aromatic carbocycles. The number of hydrogen-bond donors (Lipinski definition) is 1. The number of carbonyl (C=O) groups excluding carboxylic acids is 2. The second kappa shape index (κ2) is 4.45. The Kier molecular flexibility index (Phi) is 2.89. The molecule has 1 aliphatic rings. The minimum absolute atomic E-state index is 0.275. The number of furan rings is 1. The van der Waals surface area contributed by atoms with Crippen molar-refractivity contribution in [3.8, 4) is 0 Å². The number of hydrogen-bond acceptors (Lipinski definition) is 3. The van der Waals surface area contributed by atoms with Crippen LogP contribution in [0.3, 0.4) is 0 Å². The Morgan fingerprint density at radius 3 is 2.89 bits per heavy atom. The van der Waals surface area contributed by atoms with E-state index in [1.54, 1.807) is 0 Å². The van der Waals surface area contributed by atoms with E-state index in [1.807, 2.05) is 0 Å². The monoisotopic (exact) mass is 325 g/mol. The number of piperidine rings is 1. The van der Waals surface area contributed by atoms with E-state index in [1.165, 1.54) is 18.4 Å². The van der Waals surface area contributed by atoms with Crippen LogP contribution in [0.1, 0.15) is 24.3 Å². The van der Waals surface area contributed by atoms with Crippen LogP contribution in [0.5, 0.6) is 0 Å². The van der Waals surface area contributed by atoms with E-state index >= 15 is 0 Å². The van der Waals surface area contributed by atoms with Crippen molar-refractivity contribution in [2.45, 2.75) is 18.8 Å². The summed E-state index contributed by atoms with van der Waals surface area (Å²) >= 11 is 3.08. The molecule has 4 nitrogen and oxygen atoms in total. The summed E-state index contributed by atoms with van der Waals surface area (Å²) in [6.07, 6.45) is 2.15. The average Bonchev–Trinajstić information content (AvgIpc) is 2.73. The van der Waals surface area contributed by atoms with Gasteiger partial charge in [-0.05, 0) is 34.5 Å². The predicted molar refractivity (Wildman–Crippen MR) is 69.0 cm³/mol. The largest absolute Gasteiger partial charge is 0.464 e. The zero-order valence-electron chi connectivity index (χ0n) is 9.70. The molecule has 0 radical (unpaired) electrons. The minimum Gasteiger partial charge on any atom is -0.464 e. The van der Waals surface area contributed by atoms with Crippen LogP contribution >= 0.6 is 15.9 Å². The van der Waals surface area contributed by atoms with Gasteiger partial charge in [-0.15, -0.1) is 0 Å². The highest BCUT2D eigenvalue weighted by molar-refractivity contribution is 9.10. The fraction of sp³-hybridized carbons (Fsp3) is 0.231. The molecule has 1 saturated heterocycles. The van der Waals surface area contributed by atoms with Crippen molar-refractivity contribution in [2.24, 2.45) is 0 Å². The molecule has 3 rings (SSSR count). The van der Waals surface area contributed by atoms with Crippen molar-refractivity contribution in [1.82, 2.24) is 5.32 Å². The van der Waals surface area contributed by atoms with E-state index in [4.69, 9.17) is 4.42 Å². The standard InChI is InChI=1S/C13H9BrFNO3/c14-9-4-11-7(3-10(9)15)8(5-19-11)6-1-2-12(17)16-13(6)18/h3-6H,1-2H2,(H,16,17,18). The minimum atomic E-state index is -0.473. The molecular weight excluding hydrogens is 317 g/mol. The molecule has 0 aliphatic carbocycles. The summed E-state index contributed by atoms with van der Waals surface area (Å²) in [6.45, 7) is 0. The van der Waals surface area contributed by atoms with Gasteiger partial charge < -0.3 is 4.42 Å². The summed E-state index contributed by atoms with van der Waals surface area (Å²) in [7, 11) is 0. The smallest absolute Gasteiger partial charge is 0.234 e. The van der Waals surface area contributed by atoms with Gasteiger partial charge in [0.05, 0.1) is 16.7 Å². The van der Waals surface area contributed by atoms with Crippen molar-refractivity contribution in [3.63, 3.8) is 0 Å². The Hall–Kier alpha value is -1.69. The zero-order chi connectivity index (χ0) is 13.6. The number of amides is 2. The number of nitrogens with one attached hydrogen (secondary N) is 1. The first-order valence-electron chi connectivity index (χ1n) is 5.76. The molecule has 1 fully saturated rings. The van der Waals surface area contributed by atoms with Gasteiger partial charge in [-0.1, -0.05) is 0 Å². The molecule has 0 spiro atoms. The van der Waals surface area contributed by atoms with Gasteiger partial charge in [0.15, 0.2) is 0 Å². The summed E-state index contributed by atoms with van der Waals surface area (Å²) in [5, 5.41) is 2.85. The Bertz CT molecular complexity index is 694. The summed E-state index contributed by atoms with van der Waals surface area (Å²) in [5.74, 6) is -1.52. The molecule has 98 valence electrons. The summed E-state index contributed by atoms with van der Waals surface area (Å²) in [5.41, 5.74) is 1.12. The Labute approximate surface area is 116 Å². The van der Waals surface area contributed by atoms with Crippen molar-refractivity contribution in [3.05, 3.63) is 34.2 Å². The molecule has 1 unspecified atom stereocenters. The number of fused-ring (bicyclic) bond motifs is 1. The molecule has 1 N–H and O–H groups in total. The molecule has 1 aromatic heterocycles.